The Morgan fingerprint density at radius 2 is 1.73 bits per heavy atom. The number of hydrogen-bond acceptors (Lipinski definition) is 4. The average molecular weight is 307 g/mol. The van der Waals surface area contributed by atoms with Crippen molar-refractivity contribution in [3.63, 3.8) is 0 Å². The van der Waals surface area contributed by atoms with E-state index in [2.05, 4.69) is 40.3 Å². The number of thioether (sulfide) groups is 1. The van der Waals surface area contributed by atoms with Crippen LogP contribution < -0.4 is 0 Å². The summed E-state index contributed by atoms with van der Waals surface area (Å²) in [5, 5.41) is 0.972. The largest absolute Gasteiger partial charge is 0.250 e. The van der Waals surface area contributed by atoms with Crippen LogP contribution in [0.3, 0.4) is 0 Å². The van der Waals surface area contributed by atoms with Crippen LogP contribution in [0.4, 0.5) is 0 Å². The van der Waals surface area contributed by atoms with Crippen molar-refractivity contribution in [2.75, 3.05) is 6.26 Å². The number of pyridine rings is 1. The van der Waals surface area contributed by atoms with Crippen molar-refractivity contribution in [1.82, 2.24) is 15.0 Å². The summed E-state index contributed by atoms with van der Waals surface area (Å²) in [6.07, 6.45) is 2.83. The van der Waals surface area contributed by atoms with Crippen LogP contribution in [0.15, 0.2) is 59.6 Å². The van der Waals surface area contributed by atoms with Crippen molar-refractivity contribution in [3.8, 4) is 11.5 Å². The van der Waals surface area contributed by atoms with E-state index in [1.165, 1.54) is 5.56 Å². The first-order valence-electron chi connectivity index (χ1n) is 7.14. The van der Waals surface area contributed by atoms with Gasteiger partial charge < -0.3 is 0 Å². The molecule has 1 aromatic carbocycles. The summed E-state index contributed by atoms with van der Waals surface area (Å²) in [7, 11) is 0. The van der Waals surface area contributed by atoms with Crippen molar-refractivity contribution >= 4 is 11.8 Å². The summed E-state index contributed by atoms with van der Waals surface area (Å²) >= 11 is 1.63. The zero-order valence-corrected chi connectivity index (χ0v) is 13.5. The lowest BCUT2D eigenvalue weighted by atomic mass is 10.1. The Balaban J connectivity index is 1.99. The lowest BCUT2D eigenvalue weighted by molar-refractivity contribution is 0.964. The Labute approximate surface area is 134 Å². The number of hydrogen-bond donors (Lipinski definition) is 0. The molecule has 0 unspecified atom stereocenters. The monoisotopic (exact) mass is 307 g/mol. The van der Waals surface area contributed by atoms with E-state index in [1.54, 1.807) is 11.8 Å². The standard InChI is InChI=1S/C18H17N3S/c1-13-7-6-10-16(19-13)18-20-15(12-17(21-18)22-2)11-14-8-4-3-5-9-14/h3-10,12H,11H2,1-2H3. The molecule has 22 heavy (non-hydrogen) atoms. The van der Waals surface area contributed by atoms with Crippen molar-refractivity contribution < 1.29 is 0 Å². The van der Waals surface area contributed by atoms with Gasteiger partial charge in [-0.05, 0) is 36.9 Å². The Morgan fingerprint density at radius 1 is 0.909 bits per heavy atom. The fraction of sp³-hybridized carbons (Fsp3) is 0.167. The van der Waals surface area contributed by atoms with Crippen LogP contribution in [0, 0.1) is 6.92 Å². The highest BCUT2D eigenvalue weighted by Gasteiger charge is 2.08. The van der Waals surface area contributed by atoms with Gasteiger partial charge in [0.25, 0.3) is 0 Å². The van der Waals surface area contributed by atoms with E-state index >= 15 is 0 Å². The molecule has 0 atom stereocenters. The lowest BCUT2D eigenvalue weighted by Crippen LogP contribution is -2.00. The molecule has 3 nitrogen and oxygen atoms in total. The fourth-order valence-electron chi connectivity index (χ4n) is 2.25. The van der Waals surface area contributed by atoms with Gasteiger partial charge in [0, 0.05) is 12.1 Å². The summed E-state index contributed by atoms with van der Waals surface area (Å²) in [6, 6.07) is 18.3. The second-order valence-corrected chi connectivity index (χ2v) is 5.88. The van der Waals surface area contributed by atoms with Crippen LogP contribution in [0.2, 0.25) is 0 Å². The SMILES string of the molecule is CSc1cc(Cc2ccccc2)nc(-c2cccc(C)n2)n1. The van der Waals surface area contributed by atoms with E-state index in [1.807, 2.05) is 37.4 Å². The molecule has 0 aliphatic rings. The zero-order valence-electron chi connectivity index (χ0n) is 12.7. The second kappa shape index (κ2) is 6.71. The maximum absolute atomic E-state index is 4.70. The Morgan fingerprint density at radius 3 is 2.45 bits per heavy atom. The average Bonchev–Trinajstić information content (AvgIpc) is 2.55. The first-order valence-corrected chi connectivity index (χ1v) is 8.37. The summed E-state index contributed by atoms with van der Waals surface area (Å²) in [4.78, 5) is 13.8. The third kappa shape index (κ3) is 3.52. The maximum Gasteiger partial charge on any atom is 0.179 e. The highest BCUT2D eigenvalue weighted by molar-refractivity contribution is 7.98. The summed E-state index contributed by atoms with van der Waals surface area (Å²) < 4.78 is 0. The van der Waals surface area contributed by atoms with Crippen molar-refractivity contribution in [2.45, 2.75) is 18.4 Å². The van der Waals surface area contributed by atoms with Gasteiger partial charge in [0.1, 0.15) is 10.7 Å². The van der Waals surface area contributed by atoms with Gasteiger partial charge in [0.2, 0.25) is 0 Å². The molecule has 3 rings (SSSR count). The van der Waals surface area contributed by atoms with E-state index in [0.29, 0.717) is 5.82 Å². The molecule has 0 aliphatic carbocycles. The molecule has 0 aliphatic heterocycles. The van der Waals surface area contributed by atoms with Gasteiger partial charge >= 0.3 is 0 Å². The van der Waals surface area contributed by atoms with Gasteiger partial charge in [-0.25, -0.2) is 15.0 Å². The van der Waals surface area contributed by atoms with Crippen LogP contribution in [-0.4, -0.2) is 21.2 Å². The number of benzene rings is 1. The zero-order chi connectivity index (χ0) is 15.4. The Kier molecular flexibility index (Phi) is 4.49. The minimum atomic E-state index is 0.696. The fourth-order valence-corrected chi connectivity index (χ4v) is 2.69. The van der Waals surface area contributed by atoms with Crippen LogP contribution in [0.5, 0.6) is 0 Å². The molecule has 110 valence electrons. The van der Waals surface area contributed by atoms with Crippen LogP contribution in [0.25, 0.3) is 11.5 Å². The van der Waals surface area contributed by atoms with E-state index in [0.717, 1.165) is 28.5 Å². The number of nitrogens with zero attached hydrogens (tertiary/aromatic N) is 3. The summed E-state index contributed by atoms with van der Waals surface area (Å²) in [5.41, 5.74) is 4.06. The van der Waals surface area contributed by atoms with Gasteiger partial charge in [-0.3, -0.25) is 0 Å². The molecule has 0 saturated carbocycles. The quantitative estimate of drug-likeness (QED) is 0.536. The molecule has 0 radical (unpaired) electrons. The van der Waals surface area contributed by atoms with E-state index in [-0.39, 0.29) is 0 Å². The Hall–Kier alpha value is -2.20. The topological polar surface area (TPSA) is 38.7 Å². The van der Waals surface area contributed by atoms with E-state index in [9.17, 15) is 0 Å². The van der Waals surface area contributed by atoms with Gasteiger partial charge in [0.05, 0.1) is 5.69 Å². The van der Waals surface area contributed by atoms with Gasteiger partial charge in [-0.15, -0.1) is 11.8 Å². The predicted octanol–water partition coefficient (Wildman–Crippen LogP) is 4.16. The highest BCUT2D eigenvalue weighted by atomic mass is 32.2. The number of aryl methyl sites for hydroxylation is 1. The van der Waals surface area contributed by atoms with E-state index < -0.39 is 0 Å². The molecule has 3 aromatic rings. The van der Waals surface area contributed by atoms with Crippen LogP contribution in [-0.2, 0) is 6.42 Å². The second-order valence-electron chi connectivity index (χ2n) is 5.05. The Bertz CT molecular complexity index is 772. The first kappa shape index (κ1) is 14.7. The molecule has 0 fully saturated rings. The van der Waals surface area contributed by atoms with Crippen molar-refractivity contribution in [2.24, 2.45) is 0 Å². The smallest absolute Gasteiger partial charge is 0.179 e. The number of aromatic nitrogens is 3. The molecule has 0 bridgehead atoms. The highest BCUT2D eigenvalue weighted by Crippen LogP contribution is 2.20. The van der Waals surface area contributed by atoms with Crippen molar-refractivity contribution in [3.05, 3.63) is 71.5 Å². The third-order valence-corrected chi connectivity index (χ3v) is 3.94. The predicted molar refractivity (Wildman–Crippen MR) is 91.0 cm³/mol. The van der Waals surface area contributed by atoms with Crippen molar-refractivity contribution in [1.29, 1.82) is 0 Å². The van der Waals surface area contributed by atoms with Gasteiger partial charge in [-0.2, -0.15) is 0 Å². The molecule has 0 amide bonds. The summed E-state index contributed by atoms with van der Waals surface area (Å²) in [5.74, 6) is 0.696. The third-order valence-electron chi connectivity index (χ3n) is 3.31. The molecule has 0 spiro atoms. The molecular weight excluding hydrogens is 290 g/mol. The summed E-state index contributed by atoms with van der Waals surface area (Å²) in [6.45, 7) is 1.98. The number of rotatable bonds is 4. The molecule has 2 heterocycles. The maximum atomic E-state index is 4.70. The normalized spacial score (nSPS) is 10.6. The van der Waals surface area contributed by atoms with Crippen LogP contribution >= 0.6 is 11.8 Å². The van der Waals surface area contributed by atoms with E-state index in [4.69, 9.17) is 4.98 Å². The molecule has 2 aromatic heterocycles. The van der Waals surface area contributed by atoms with Gasteiger partial charge in [-0.1, -0.05) is 36.4 Å². The lowest BCUT2D eigenvalue weighted by Gasteiger charge is -2.07. The molecular formula is C18H17N3S. The molecule has 0 N–H and O–H groups in total. The van der Waals surface area contributed by atoms with Gasteiger partial charge in [0.15, 0.2) is 5.82 Å². The minimum absolute atomic E-state index is 0.696. The molecule has 0 saturated heterocycles. The molecule has 4 heteroatoms. The first-order chi connectivity index (χ1) is 10.7. The van der Waals surface area contributed by atoms with Crippen LogP contribution in [0.1, 0.15) is 17.0 Å². The minimum Gasteiger partial charge on any atom is -0.250 e.